The van der Waals surface area contributed by atoms with Crippen LogP contribution in [0.1, 0.15) is 28.9 Å². The van der Waals surface area contributed by atoms with Crippen LogP contribution in [-0.2, 0) is 6.54 Å². The maximum atomic E-state index is 12.3. The van der Waals surface area contributed by atoms with E-state index in [1.165, 1.54) is 0 Å². The first kappa shape index (κ1) is 11.8. The van der Waals surface area contributed by atoms with Crippen LogP contribution in [0.25, 0.3) is 0 Å². The molecule has 1 aromatic heterocycles. The van der Waals surface area contributed by atoms with E-state index >= 15 is 0 Å². The van der Waals surface area contributed by atoms with Crippen molar-refractivity contribution in [2.75, 3.05) is 6.54 Å². The van der Waals surface area contributed by atoms with Crippen molar-refractivity contribution >= 4 is 5.91 Å². The number of pyridine rings is 1. The van der Waals surface area contributed by atoms with E-state index in [4.69, 9.17) is 5.73 Å². The SMILES string of the molecule is C=CCN(C(=O)c1ccnc(CN)c1)C1CC1. The summed E-state index contributed by atoms with van der Waals surface area (Å²) in [6, 6.07) is 3.89. The minimum absolute atomic E-state index is 0.0458. The standard InChI is InChI=1S/C13H17N3O/c1-2-7-16(12-3-4-12)13(17)10-5-6-15-11(8-10)9-14/h2,5-6,8,12H,1,3-4,7,9,14H2. The average molecular weight is 231 g/mol. The number of carbonyl (C=O) groups excluding carboxylic acids is 1. The van der Waals surface area contributed by atoms with Gasteiger partial charge < -0.3 is 10.6 Å². The van der Waals surface area contributed by atoms with E-state index in [0.717, 1.165) is 18.5 Å². The smallest absolute Gasteiger partial charge is 0.254 e. The molecule has 0 atom stereocenters. The van der Waals surface area contributed by atoms with Crippen LogP contribution in [0, 0.1) is 0 Å². The highest BCUT2D eigenvalue weighted by molar-refractivity contribution is 5.94. The summed E-state index contributed by atoms with van der Waals surface area (Å²) in [7, 11) is 0. The van der Waals surface area contributed by atoms with Gasteiger partial charge in [-0.25, -0.2) is 0 Å². The van der Waals surface area contributed by atoms with Gasteiger partial charge in [0.2, 0.25) is 0 Å². The number of carbonyl (C=O) groups is 1. The normalized spacial score (nSPS) is 14.4. The van der Waals surface area contributed by atoms with E-state index in [-0.39, 0.29) is 5.91 Å². The summed E-state index contributed by atoms with van der Waals surface area (Å²) in [4.78, 5) is 18.2. The molecular weight excluding hydrogens is 214 g/mol. The van der Waals surface area contributed by atoms with Crippen molar-refractivity contribution in [1.29, 1.82) is 0 Å². The van der Waals surface area contributed by atoms with Crippen molar-refractivity contribution in [3.63, 3.8) is 0 Å². The van der Waals surface area contributed by atoms with Crippen LogP contribution in [0.15, 0.2) is 31.0 Å². The molecule has 17 heavy (non-hydrogen) atoms. The molecule has 90 valence electrons. The molecule has 1 aliphatic carbocycles. The van der Waals surface area contributed by atoms with Crippen molar-refractivity contribution in [1.82, 2.24) is 9.88 Å². The predicted octanol–water partition coefficient (Wildman–Crippen LogP) is 1.33. The minimum Gasteiger partial charge on any atom is -0.332 e. The summed E-state index contributed by atoms with van der Waals surface area (Å²) < 4.78 is 0. The van der Waals surface area contributed by atoms with Crippen molar-refractivity contribution in [3.05, 3.63) is 42.2 Å². The van der Waals surface area contributed by atoms with Gasteiger partial charge in [0.15, 0.2) is 0 Å². The van der Waals surface area contributed by atoms with Gasteiger partial charge in [0.05, 0.1) is 5.69 Å². The molecule has 1 heterocycles. The molecule has 1 fully saturated rings. The second kappa shape index (κ2) is 5.10. The minimum atomic E-state index is 0.0458. The van der Waals surface area contributed by atoms with Gasteiger partial charge >= 0.3 is 0 Å². The quantitative estimate of drug-likeness (QED) is 0.778. The Hall–Kier alpha value is -1.68. The molecule has 1 aromatic rings. The third-order valence-corrected chi connectivity index (χ3v) is 2.85. The molecule has 1 saturated carbocycles. The Morgan fingerprint density at radius 2 is 2.41 bits per heavy atom. The number of amides is 1. The first-order valence-corrected chi connectivity index (χ1v) is 5.83. The zero-order valence-corrected chi connectivity index (χ0v) is 9.80. The van der Waals surface area contributed by atoms with Gasteiger partial charge in [0, 0.05) is 30.9 Å². The van der Waals surface area contributed by atoms with Gasteiger partial charge in [-0.1, -0.05) is 6.08 Å². The number of nitrogens with zero attached hydrogens (tertiary/aromatic N) is 2. The third kappa shape index (κ3) is 2.71. The van der Waals surface area contributed by atoms with Crippen molar-refractivity contribution in [2.45, 2.75) is 25.4 Å². The van der Waals surface area contributed by atoms with E-state index in [1.54, 1.807) is 24.4 Å². The largest absolute Gasteiger partial charge is 0.332 e. The van der Waals surface area contributed by atoms with Crippen molar-refractivity contribution in [3.8, 4) is 0 Å². The van der Waals surface area contributed by atoms with Gasteiger partial charge in [-0.2, -0.15) is 0 Å². The Morgan fingerprint density at radius 3 is 3.00 bits per heavy atom. The van der Waals surface area contributed by atoms with Crippen molar-refractivity contribution in [2.24, 2.45) is 5.73 Å². The molecule has 0 aromatic carbocycles. The van der Waals surface area contributed by atoms with E-state index in [0.29, 0.717) is 24.7 Å². The lowest BCUT2D eigenvalue weighted by molar-refractivity contribution is 0.0762. The Bertz CT molecular complexity index is 426. The van der Waals surface area contributed by atoms with Crippen LogP contribution in [0.4, 0.5) is 0 Å². The van der Waals surface area contributed by atoms with Gasteiger partial charge in [-0.05, 0) is 25.0 Å². The van der Waals surface area contributed by atoms with Crippen molar-refractivity contribution < 1.29 is 4.79 Å². The second-order valence-corrected chi connectivity index (χ2v) is 4.22. The number of hydrogen-bond donors (Lipinski definition) is 1. The maximum absolute atomic E-state index is 12.3. The summed E-state index contributed by atoms with van der Waals surface area (Å²) in [5.74, 6) is 0.0458. The van der Waals surface area contributed by atoms with Crippen LogP contribution in [0.2, 0.25) is 0 Å². The fraction of sp³-hybridized carbons (Fsp3) is 0.385. The monoisotopic (exact) mass is 231 g/mol. The third-order valence-electron chi connectivity index (χ3n) is 2.85. The molecule has 4 nitrogen and oxygen atoms in total. The van der Waals surface area contributed by atoms with E-state index in [9.17, 15) is 4.79 Å². The Balaban J connectivity index is 2.18. The number of hydrogen-bond acceptors (Lipinski definition) is 3. The Labute approximate surface area is 101 Å². The first-order valence-electron chi connectivity index (χ1n) is 5.83. The lowest BCUT2D eigenvalue weighted by atomic mass is 10.2. The average Bonchev–Trinajstić information content (AvgIpc) is 3.19. The van der Waals surface area contributed by atoms with Crippen LogP contribution < -0.4 is 5.73 Å². The molecule has 0 saturated heterocycles. The van der Waals surface area contributed by atoms with E-state index in [1.807, 2.05) is 4.90 Å². The molecule has 1 aliphatic rings. The van der Waals surface area contributed by atoms with Crippen LogP contribution in [-0.4, -0.2) is 28.4 Å². The van der Waals surface area contributed by atoms with Crippen LogP contribution in [0.3, 0.4) is 0 Å². The van der Waals surface area contributed by atoms with Gasteiger partial charge in [-0.15, -0.1) is 6.58 Å². The highest BCUT2D eigenvalue weighted by Crippen LogP contribution is 2.28. The number of aromatic nitrogens is 1. The molecule has 2 rings (SSSR count). The Morgan fingerprint density at radius 1 is 1.65 bits per heavy atom. The lowest BCUT2D eigenvalue weighted by Crippen LogP contribution is -2.33. The van der Waals surface area contributed by atoms with Crippen LogP contribution >= 0.6 is 0 Å². The van der Waals surface area contributed by atoms with Crippen LogP contribution in [0.5, 0.6) is 0 Å². The number of nitrogens with two attached hydrogens (primary N) is 1. The summed E-state index contributed by atoms with van der Waals surface area (Å²) in [5, 5.41) is 0. The number of rotatable bonds is 5. The fourth-order valence-corrected chi connectivity index (χ4v) is 1.81. The van der Waals surface area contributed by atoms with E-state index < -0.39 is 0 Å². The zero-order valence-electron chi connectivity index (χ0n) is 9.80. The molecule has 2 N–H and O–H groups in total. The Kier molecular flexibility index (Phi) is 3.54. The second-order valence-electron chi connectivity index (χ2n) is 4.22. The summed E-state index contributed by atoms with van der Waals surface area (Å²) in [6.45, 7) is 4.65. The summed E-state index contributed by atoms with van der Waals surface area (Å²) in [6.07, 6.45) is 5.58. The molecule has 0 unspecified atom stereocenters. The molecular formula is C13H17N3O. The molecule has 0 bridgehead atoms. The summed E-state index contributed by atoms with van der Waals surface area (Å²) >= 11 is 0. The van der Waals surface area contributed by atoms with E-state index in [2.05, 4.69) is 11.6 Å². The van der Waals surface area contributed by atoms with Gasteiger partial charge in [0.25, 0.3) is 5.91 Å². The predicted molar refractivity (Wildman–Crippen MR) is 66.4 cm³/mol. The first-order chi connectivity index (χ1) is 8.26. The molecule has 1 amide bonds. The maximum Gasteiger partial charge on any atom is 0.254 e. The molecule has 4 heteroatoms. The van der Waals surface area contributed by atoms with Gasteiger partial charge in [-0.3, -0.25) is 9.78 Å². The topological polar surface area (TPSA) is 59.2 Å². The highest BCUT2D eigenvalue weighted by atomic mass is 16.2. The highest BCUT2D eigenvalue weighted by Gasteiger charge is 2.32. The molecule has 0 aliphatic heterocycles. The fourth-order valence-electron chi connectivity index (χ4n) is 1.81. The zero-order chi connectivity index (χ0) is 12.3. The van der Waals surface area contributed by atoms with Gasteiger partial charge in [0.1, 0.15) is 0 Å². The summed E-state index contributed by atoms with van der Waals surface area (Å²) in [5.41, 5.74) is 6.92. The molecule has 0 radical (unpaired) electrons. The lowest BCUT2D eigenvalue weighted by Gasteiger charge is -2.20. The molecule has 0 spiro atoms.